The third kappa shape index (κ3) is 6.33. The summed E-state index contributed by atoms with van der Waals surface area (Å²) in [6.07, 6.45) is 4.12. The molecule has 0 rings (SSSR count). The second-order valence-electron chi connectivity index (χ2n) is 3.94. The lowest BCUT2D eigenvalue weighted by Crippen LogP contribution is -2.13. The molecule has 0 spiro atoms. The molecule has 0 aliphatic rings. The average Bonchev–Trinajstić information content (AvgIpc) is 1.88. The highest BCUT2D eigenvalue weighted by Crippen LogP contribution is 2.22. The van der Waals surface area contributed by atoms with Crippen molar-refractivity contribution < 1.29 is 4.39 Å². The van der Waals surface area contributed by atoms with E-state index in [0.717, 1.165) is 12.3 Å². The maximum atomic E-state index is 13.0. The molecule has 0 aliphatic heterocycles. The zero-order chi connectivity index (χ0) is 8.91. The van der Waals surface area contributed by atoms with Crippen molar-refractivity contribution in [3.63, 3.8) is 0 Å². The lowest BCUT2D eigenvalue weighted by molar-refractivity contribution is 0.183. The Labute approximate surface area is 70.2 Å². The smallest absolute Gasteiger partial charge is 0.105 e. The summed E-state index contributed by atoms with van der Waals surface area (Å²) in [6.45, 7) is 7.68. The van der Waals surface area contributed by atoms with Gasteiger partial charge in [0.1, 0.15) is 5.67 Å². The fourth-order valence-corrected chi connectivity index (χ4v) is 1.24. The molecule has 0 aromatic rings. The molecule has 68 valence electrons. The third-order valence-electron chi connectivity index (χ3n) is 2.30. The molecule has 0 unspecified atom stereocenters. The summed E-state index contributed by atoms with van der Waals surface area (Å²) < 4.78 is 13.0. The fourth-order valence-electron chi connectivity index (χ4n) is 1.24. The maximum absolute atomic E-state index is 13.0. The highest BCUT2D eigenvalue weighted by Gasteiger charge is 2.16. The van der Waals surface area contributed by atoms with Crippen LogP contribution in [0.25, 0.3) is 0 Å². The van der Waals surface area contributed by atoms with Crippen LogP contribution in [0.2, 0.25) is 0 Å². The average molecular weight is 160 g/mol. The van der Waals surface area contributed by atoms with Crippen molar-refractivity contribution in [1.82, 2.24) is 0 Å². The van der Waals surface area contributed by atoms with E-state index in [1.807, 2.05) is 0 Å². The van der Waals surface area contributed by atoms with Crippen LogP contribution in [0.1, 0.15) is 53.4 Å². The molecule has 0 saturated heterocycles. The minimum Gasteiger partial charge on any atom is -0.245 e. The first kappa shape index (κ1) is 10.9. The Balaban J connectivity index is 3.51. The number of rotatable bonds is 5. The Kier molecular flexibility index (Phi) is 4.71. The van der Waals surface area contributed by atoms with Crippen molar-refractivity contribution in [2.24, 2.45) is 5.92 Å². The lowest BCUT2D eigenvalue weighted by atomic mass is 9.92. The van der Waals surface area contributed by atoms with Gasteiger partial charge in [-0.15, -0.1) is 0 Å². The van der Waals surface area contributed by atoms with Gasteiger partial charge in [0.15, 0.2) is 0 Å². The maximum Gasteiger partial charge on any atom is 0.105 e. The monoisotopic (exact) mass is 160 g/mol. The molecule has 0 fully saturated rings. The Bertz CT molecular complexity index is 87.5. The molecule has 0 bridgehead atoms. The molecule has 0 aliphatic carbocycles. The summed E-state index contributed by atoms with van der Waals surface area (Å²) in [4.78, 5) is 0. The minimum atomic E-state index is -0.970. The van der Waals surface area contributed by atoms with E-state index in [1.54, 1.807) is 13.8 Å². The molecule has 0 amide bonds. The molecule has 0 nitrogen and oxygen atoms in total. The van der Waals surface area contributed by atoms with Gasteiger partial charge in [-0.2, -0.15) is 0 Å². The summed E-state index contributed by atoms with van der Waals surface area (Å²) in [7, 11) is 0. The van der Waals surface area contributed by atoms with Crippen molar-refractivity contribution in [2.75, 3.05) is 0 Å². The molecule has 0 saturated carbocycles. The molecular weight excluding hydrogens is 139 g/mol. The van der Waals surface area contributed by atoms with Crippen molar-refractivity contribution in [1.29, 1.82) is 0 Å². The van der Waals surface area contributed by atoms with Crippen molar-refractivity contribution in [3.05, 3.63) is 0 Å². The highest BCUT2D eigenvalue weighted by atomic mass is 19.1. The van der Waals surface area contributed by atoms with E-state index in [4.69, 9.17) is 0 Å². The van der Waals surface area contributed by atoms with E-state index in [2.05, 4.69) is 13.8 Å². The van der Waals surface area contributed by atoms with Gasteiger partial charge in [-0.25, -0.2) is 4.39 Å². The lowest BCUT2D eigenvalue weighted by Gasteiger charge is -2.18. The van der Waals surface area contributed by atoms with Crippen LogP contribution in [0.5, 0.6) is 0 Å². The molecule has 0 aromatic heterocycles. The Morgan fingerprint density at radius 2 is 1.64 bits per heavy atom. The summed E-state index contributed by atoms with van der Waals surface area (Å²) in [5, 5.41) is 0. The van der Waals surface area contributed by atoms with Crippen molar-refractivity contribution in [2.45, 2.75) is 59.0 Å². The minimum absolute atomic E-state index is 0.708. The van der Waals surface area contributed by atoms with Gasteiger partial charge >= 0.3 is 0 Å². The van der Waals surface area contributed by atoms with Gasteiger partial charge in [0, 0.05) is 0 Å². The van der Waals surface area contributed by atoms with E-state index >= 15 is 0 Å². The first-order valence-electron chi connectivity index (χ1n) is 4.68. The van der Waals surface area contributed by atoms with Gasteiger partial charge in [0.25, 0.3) is 0 Å². The quantitative estimate of drug-likeness (QED) is 0.571. The van der Waals surface area contributed by atoms with Gasteiger partial charge in [-0.3, -0.25) is 0 Å². The zero-order valence-corrected chi connectivity index (χ0v) is 8.28. The highest BCUT2D eigenvalue weighted by molar-refractivity contribution is 4.68. The molecule has 0 N–H and O–H groups in total. The van der Waals surface area contributed by atoms with Crippen LogP contribution in [0.4, 0.5) is 4.39 Å². The van der Waals surface area contributed by atoms with E-state index in [-0.39, 0.29) is 0 Å². The van der Waals surface area contributed by atoms with Crippen LogP contribution >= 0.6 is 0 Å². The zero-order valence-electron chi connectivity index (χ0n) is 8.28. The number of alkyl halides is 1. The van der Waals surface area contributed by atoms with E-state index in [9.17, 15) is 4.39 Å². The molecule has 0 aromatic carbocycles. The summed E-state index contributed by atoms with van der Waals surface area (Å²) in [5.41, 5.74) is -0.970. The van der Waals surface area contributed by atoms with Crippen LogP contribution in [0.3, 0.4) is 0 Å². The molecule has 0 radical (unpaired) electrons. The fraction of sp³-hybridized carbons (Fsp3) is 1.00. The van der Waals surface area contributed by atoms with Gasteiger partial charge in [-0.1, -0.05) is 26.7 Å². The van der Waals surface area contributed by atoms with E-state index in [1.165, 1.54) is 12.8 Å². The summed E-state index contributed by atoms with van der Waals surface area (Å²) in [5.74, 6) is 0.727. The van der Waals surface area contributed by atoms with Crippen LogP contribution in [0, 0.1) is 5.92 Å². The first-order chi connectivity index (χ1) is 4.99. The standard InChI is InChI=1S/C10H21F/c1-5-9(6-2)7-8-10(3,4)11/h9H,5-8H2,1-4H3. The van der Waals surface area contributed by atoms with Gasteiger partial charge < -0.3 is 0 Å². The number of hydrogen-bond acceptors (Lipinski definition) is 0. The predicted octanol–water partition coefficient (Wildman–Crippen LogP) is 3.95. The predicted molar refractivity (Wildman–Crippen MR) is 48.5 cm³/mol. The van der Waals surface area contributed by atoms with Gasteiger partial charge in [0.2, 0.25) is 0 Å². The summed E-state index contributed by atoms with van der Waals surface area (Å²) >= 11 is 0. The topological polar surface area (TPSA) is 0 Å². The van der Waals surface area contributed by atoms with Crippen LogP contribution in [0.15, 0.2) is 0 Å². The van der Waals surface area contributed by atoms with E-state index in [0.29, 0.717) is 6.42 Å². The van der Waals surface area contributed by atoms with Crippen molar-refractivity contribution in [3.8, 4) is 0 Å². The van der Waals surface area contributed by atoms with Crippen molar-refractivity contribution >= 4 is 0 Å². The van der Waals surface area contributed by atoms with Crippen LogP contribution in [-0.2, 0) is 0 Å². The Morgan fingerprint density at radius 3 is 1.91 bits per heavy atom. The molecule has 0 atom stereocenters. The van der Waals surface area contributed by atoms with E-state index < -0.39 is 5.67 Å². The molecule has 1 heteroatoms. The number of hydrogen-bond donors (Lipinski definition) is 0. The van der Waals surface area contributed by atoms with Gasteiger partial charge in [0.05, 0.1) is 0 Å². The normalized spacial score (nSPS) is 12.5. The second-order valence-corrected chi connectivity index (χ2v) is 3.94. The SMILES string of the molecule is CCC(CC)CCC(C)(C)F. The number of halogens is 1. The first-order valence-corrected chi connectivity index (χ1v) is 4.68. The van der Waals surface area contributed by atoms with Gasteiger partial charge in [-0.05, 0) is 32.6 Å². The summed E-state index contributed by atoms with van der Waals surface area (Å²) in [6, 6.07) is 0. The second kappa shape index (κ2) is 4.74. The largest absolute Gasteiger partial charge is 0.245 e. The molecular formula is C10H21F. The molecule has 11 heavy (non-hydrogen) atoms. The van der Waals surface area contributed by atoms with Crippen LogP contribution < -0.4 is 0 Å². The molecule has 0 heterocycles. The van der Waals surface area contributed by atoms with Crippen LogP contribution in [-0.4, -0.2) is 5.67 Å². The third-order valence-corrected chi connectivity index (χ3v) is 2.30. The Morgan fingerprint density at radius 1 is 1.18 bits per heavy atom. The Hall–Kier alpha value is -0.0700.